The molecule has 2 amide bonds. The van der Waals surface area contributed by atoms with Crippen LogP contribution in [0.25, 0.3) is 0 Å². The molecule has 0 radical (unpaired) electrons. The van der Waals surface area contributed by atoms with Crippen molar-refractivity contribution in [1.82, 2.24) is 10.0 Å². The van der Waals surface area contributed by atoms with Crippen LogP contribution in [0, 0.1) is 0 Å². The summed E-state index contributed by atoms with van der Waals surface area (Å²) in [6, 6.07) is 12.3. The lowest BCUT2D eigenvalue weighted by Gasteiger charge is -2.12. The Kier molecular flexibility index (Phi) is 7.20. The van der Waals surface area contributed by atoms with Gasteiger partial charge in [-0.1, -0.05) is 12.1 Å². The number of hydrogen-bond acceptors (Lipinski definition) is 5. The lowest BCUT2D eigenvalue weighted by Crippen LogP contribution is -2.32. The fourth-order valence-electron chi connectivity index (χ4n) is 3.10. The van der Waals surface area contributed by atoms with Crippen LogP contribution < -0.4 is 15.4 Å². The van der Waals surface area contributed by atoms with Crippen molar-refractivity contribution >= 4 is 27.5 Å². The number of hydrogen-bond donors (Lipinski definition) is 3. The average Bonchev–Trinajstić information content (AvgIpc) is 3.27. The number of sulfonamides is 1. The van der Waals surface area contributed by atoms with Crippen LogP contribution in [0.2, 0.25) is 0 Å². The Balaban J connectivity index is 1.70. The summed E-state index contributed by atoms with van der Waals surface area (Å²) in [5, 5.41) is 5.39. The first-order chi connectivity index (χ1) is 14.4. The van der Waals surface area contributed by atoms with Gasteiger partial charge in [-0.05, 0) is 56.2 Å². The predicted octanol–water partition coefficient (Wildman–Crippen LogP) is 2.15. The van der Waals surface area contributed by atoms with E-state index in [0.29, 0.717) is 24.4 Å². The Hall–Kier alpha value is -2.75. The van der Waals surface area contributed by atoms with Crippen LogP contribution >= 0.6 is 0 Å². The standard InChI is InChI=1S/C21H25N3O5S/c1-2-22-20(25)15-6-3-8-17(12-15)24-21(26)16-7-4-10-19(13-16)30(27,28)23-14-18-9-5-11-29-18/h3-4,6-8,10,12-13,18,23H,2,5,9,11,14H2,1H3,(H,22,25)(H,24,26). The molecule has 3 N–H and O–H groups in total. The molecule has 1 aliphatic heterocycles. The number of rotatable bonds is 8. The third kappa shape index (κ3) is 5.65. The van der Waals surface area contributed by atoms with E-state index in [2.05, 4.69) is 15.4 Å². The first kappa shape index (κ1) is 21.9. The van der Waals surface area contributed by atoms with Gasteiger partial charge in [-0.25, -0.2) is 13.1 Å². The molecule has 0 aromatic heterocycles. The van der Waals surface area contributed by atoms with Crippen molar-refractivity contribution in [3.63, 3.8) is 0 Å². The van der Waals surface area contributed by atoms with E-state index in [9.17, 15) is 18.0 Å². The largest absolute Gasteiger partial charge is 0.377 e. The molecule has 2 aromatic carbocycles. The van der Waals surface area contributed by atoms with Gasteiger partial charge < -0.3 is 15.4 Å². The summed E-state index contributed by atoms with van der Waals surface area (Å²) in [5.74, 6) is -0.710. The summed E-state index contributed by atoms with van der Waals surface area (Å²) in [4.78, 5) is 24.6. The summed E-state index contributed by atoms with van der Waals surface area (Å²) < 4.78 is 33.1. The van der Waals surface area contributed by atoms with Gasteiger partial charge in [-0.15, -0.1) is 0 Å². The molecule has 30 heavy (non-hydrogen) atoms. The van der Waals surface area contributed by atoms with Gasteiger partial charge in [0.15, 0.2) is 0 Å². The molecule has 1 aliphatic rings. The van der Waals surface area contributed by atoms with E-state index in [1.165, 1.54) is 24.3 Å². The zero-order valence-corrected chi connectivity index (χ0v) is 17.5. The molecule has 160 valence electrons. The van der Waals surface area contributed by atoms with Crippen LogP contribution in [-0.4, -0.2) is 46.0 Å². The lowest BCUT2D eigenvalue weighted by atomic mass is 10.1. The number of benzene rings is 2. The Morgan fingerprint density at radius 3 is 2.50 bits per heavy atom. The highest BCUT2D eigenvalue weighted by atomic mass is 32.2. The number of nitrogens with one attached hydrogen (secondary N) is 3. The van der Waals surface area contributed by atoms with Crippen LogP contribution in [0.1, 0.15) is 40.5 Å². The molecule has 0 bridgehead atoms. The molecule has 1 unspecified atom stereocenters. The van der Waals surface area contributed by atoms with Gasteiger partial charge in [-0.2, -0.15) is 0 Å². The Morgan fingerprint density at radius 2 is 1.80 bits per heavy atom. The molecule has 1 heterocycles. The molecule has 0 saturated carbocycles. The minimum atomic E-state index is -3.76. The lowest BCUT2D eigenvalue weighted by molar-refractivity contribution is 0.0954. The molecule has 1 fully saturated rings. The van der Waals surface area contributed by atoms with Crippen LogP contribution in [0.5, 0.6) is 0 Å². The van der Waals surface area contributed by atoms with Crippen LogP contribution in [0.3, 0.4) is 0 Å². The van der Waals surface area contributed by atoms with Gasteiger partial charge in [0, 0.05) is 36.5 Å². The number of amides is 2. The fraction of sp³-hybridized carbons (Fsp3) is 0.333. The molecule has 1 atom stereocenters. The van der Waals surface area contributed by atoms with Crippen molar-refractivity contribution in [2.45, 2.75) is 30.8 Å². The number of ether oxygens (including phenoxy) is 1. The summed E-state index contributed by atoms with van der Waals surface area (Å²) in [5.41, 5.74) is 1.05. The van der Waals surface area contributed by atoms with Crippen molar-refractivity contribution in [3.05, 3.63) is 59.7 Å². The van der Waals surface area contributed by atoms with Crippen molar-refractivity contribution in [2.75, 3.05) is 25.0 Å². The molecule has 8 nitrogen and oxygen atoms in total. The van der Waals surface area contributed by atoms with Crippen LogP contribution in [0.4, 0.5) is 5.69 Å². The van der Waals surface area contributed by atoms with E-state index in [1.54, 1.807) is 24.3 Å². The van der Waals surface area contributed by atoms with E-state index in [1.807, 2.05) is 6.92 Å². The van der Waals surface area contributed by atoms with Crippen molar-refractivity contribution < 1.29 is 22.7 Å². The highest BCUT2D eigenvalue weighted by molar-refractivity contribution is 7.89. The summed E-state index contributed by atoms with van der Waals surface area (Å²) >= 11 is 0. The normalized spacial score (nSPS) is 16.2. The van der Waals surface area contributed by atoms with Crippen LogP contribution in [0.15, 0.2) is 53.4 Å². The minimum absolute atomic E-state index is 0.00391. The second-order valence-corrected chi connectivity index (χ2v) is 8.68. The van der Waals surface area contributed by atoms with Crippen molar-refractivity contribution in [1.29, 1.82) is 0 Å². The zero-order valence-electron chi connectivity index (χ0n) is 16.7. The highest BCUT2D eigenvalue weighted by Crippen LogP contribution is 2.17. The van der Waals surface area contributed by atoms with Gasteiger partial charge in [0.1, 0.15) is 0 Å². The Bertz CT molecular complexity index is 1020. The third-order valence-electron chi connectivity index (χ3n) is 4.65. The van der Waals surface area contributed by atoms with E-state index in [4.69, 9.17) is 4.74 Å². The second kappa shape index (κ2) is 9.84. The molecule has 0 spiro atoms. The number of anilines is 1. The molecule has 1 saturated heterocycles. The maximum Gasteiger partial charge on any atom is 0.255 e. The second-order valence-electron chi connectivity index (χ2n) is 6.91. The number of carbonyl (C=O) groups excluding carboxylic acids is 2. The van der Waals surface area contributed by atoms with Gasteiger partial charge >= 0.3 is 0 Å². The van der Waals surface area contributed by atoms with Gasteiger partial charge in [0.25, 0.3) is 11.8 Å². The molecule has 3 rings (SSSR count). The first-order valence-corrected chi connectivity index (χ1v) is 11.3. The topological polar surface area (TPSA) is 114 Å². The predicted molar refractivity (Wildman–Crippen MR) is 113 cm³/mol. The van der Waals surface area contributed by atoms with E-state index in [-0.39, 0.29) is 29.0 Å². The quantitative estimate of drug-likeness (QED) is 0.593. The summed E-state index contributed by atoms with van der Waals surface area (Å²) in [7, 11) is -3.76. The van der Waals surface area contributed by atoms with Crippen molar-refractivity contribution in [3.8, 4) is 0 Å². The average molecular weight is 432 g/mol. The zero-order chi connectivity index (χ0) is 21.6. The number of carbonyl (C=O) groups is 2. The Morgan fingerprint density at radius 1 is 1.07 bits per heavy atom. The smallest absolute Gasteiger partial charge is 0.255 e. The molecular weight excluding hydrogens is 406 g/mol. The minimum Gasteiger partial charge on any atom is -0.377 e. The molecular formula is C21H25N3O5S. The highest BCUT2D eigenvalue weighted by Gasteiger charge is 2.21. The van der Waals surface area contributed by atoms with Gasteiger partial charge in [-0.3, -0.25) is 9.59 Å². The first-order valence-electron chi connectivity index (χ1n) is 9.80. The molecule has 9 heteroatoms. The summed E-state index contributed by atoms with van der Waals surface area (Å²) in [6.07, 6.45) is 1.62. The van der Waals surface area contributed by atoms with E-state index >= 15 is 0 Å². The van der Waals surface area contributed by atoms with Crippen LogP contribution in [-0.2, 0) is 14.8 Å². The molecule has 0 aliphatic carbocycles. The van der Waals surface area contributed by atoms with E-state index in [0.717, 1.165) is 12.8 Å². The van der Waals surface area contributed by atoms with Gasteiger partial charge in [0.05, 0.1) is 11.0 Å². The molecule has 2 aromatic rings. The van der Waals surface area contributed by atoms with Gasteiger partial charge in [0.2, 0.25) is 10.0 Å². The monoisotopic (exact) mass is 431 g/mol. The Labute approximate surface area is 176 Å². The third-order valence-corrected chi connectivity index (χ3v) is 6.07. The van der Waals surface area contributed by atoms with Crippen molar-refractivity contribution in [2.24, 2.45) is 0 Å². The van der Waals surface area contributed by atoms with E-state index < -0.39 is 15.9 Å². The summed E-state index contributed by atoms with van der Waals surface area (Å²) in [6.45, 7) is 3.16. The maximum absolute atomic E-state index is 12.6. The fourth-order valence-corrected chi connectivity index (χ4v) is 4.21. The maximum atomic E-state index is 12.6. The SMILES string of the molecule is CCNC(=O)c1cccc(NC(=O)c2cccc(S(=O)(=O)NCC3CCCO3)c2)c1.